The zero-order chi connectivity index (χ0) is 13.9. The van der Waals surface area contributed by atoms with E-state index in [1.165, 1.54) is 0 Å². The van der Waals surface area contributed by atoms with Gasteiger partial charge in [-0.1, -0.05) is 0 Å². The molecule has 19 heavy (non-hydrogen) atoms. The largest absolute Gasteiger partial charge is 0.444 e. The Labute approximate surface area is 112 Å². The number of alkyl carbamates (subject to hydrolysis) is 1. The third kappa shape index (κ3) is 3.41. The lowest BCUT2D eigenvalue weighted by Crippen LogP contribution is -2.49. The first-order valence-electron chi connectivity index (χ1n) is 6.41. The van der Waals surface area contributed by atoms with Crippen LogP contribution in [0.2, 0.25) is 0 Å². The summed E-state index contributed by atoms with van der Waals surface area (Å²) < 4.78 is 5.32. The van der Waals surface area contributed by atoms with Crippen LogP contribution >= 0.6 is 0 Å². The molecule has 1 fully saturated rings. The van der Waals surface area contributed by atoms with Crippen LogP contribution in [0.1, 0.15) is 32.9 Å². The highest BCUT2D eigenvalue weighted by molar-refractivity contribution is 5.69. The van der Waals surface area contributed by atoms with Crippen LogP contribution in [0, 0.1) is 0 Å². The summed E-state index contributed by atoms with van der Waals surface area (Å²) in [6.45, 7) is 6.98. The molecule has 1 aromatic heterocycles. The van der Waals surface area contributed by atoms with Crippen LogP contribution in [-0.4, -0.2) is 35.0 Å². The monoisotopic (exact) mass is 264 g/mol. The molecular formula is C13H20N4O2. The third-order valence-corrected chi connectivity index (χ3v) is 2.96. The average Bonchev–Trinajstić information content (AvgIpc) is 2.77. The second-order valence-corrected chi connectivity index (χ2v) is 5.74. The van der Waals surface area contributed by atoms with Crippen molar-refractivity contribution in [1.29, 1.82) is 0 Å². The van der Waals surface area contributed by atoms with E-state index < -0.39 is 17.2 Å². The summed E-state index contributed by atoms with van der Waals surface area (Å²) in [6, 6.07) is 3.69. The molecule has 1 aliphatic heterocycles. The van der Waals surface area contributed by atoms with E-state index in [0.717, 1.165) is 18.7 Å². The van der Waals surface area contributed by atoms with Crippen molar-refractivity contribution in [3.05, 3.63) is 24.0 Å². The minimum absolute atomic E-state index is 0.429. The average molecular weight is 264 g/mol. The number of aromatic nitrogens is 2. The summed E-state index contributed by atoms with van der Waals surface area (Å²) in [4.78, 5) is 12.0. The number of rotatable bonds is 2. The van der Waals surface area contributed by atoms with Gasteiger partial charge in [0.25, 0.3) is 0 Å². The van der Waals surface area contributed by atoms with Crippen molar-refractivity contribution in [1.82, 2.24) is 20.8 Å². The molecule has 1 saturated heterocycles. The van der Waals surface area contributed by atoms with E-state index in [2.05, 4.69) is 20.8 Å². The molecule has 2 heterocycles. The maximum atomic E-state index is 12.0. The van der Waals surface area contributed by atoms with Gasteiger partial charge in [0.05, 0.1) is 5.69 Å². The second kappa shape index (κ2) is 5.13. The van der Waals surface area contributed by atoms with Crippen molar-refractivity contribution in [2.45, 2.75) is 38.3 Å². The van der Waals surface area contributed by atoms with Crippen molar-refractivity contribution in [3.63, 3.8) is 0 Å². The lowest BCUT2D eigenvalue weighted by molar-refractivity contribution is 0.0458. The maximum Gasteiger partial charge on any atom is 0.408 e. The van der Waals surface area contributed by atoms with Crippen molar-refractivity contribution in [3.8, 4) is 0 Å². The van der Waals surface area contributed by atoms with Crippen LogP contribution < -0.4 is 10.6 Å². The predicted molar refractivity (Wildman–Crippen MR) is 70.6 cm³/mol. The molecule has 0 bridgehead atoms. The highest BCUT2D eigenvalue weighted by Crippen LogP contribution is 2.26. The Hall–Kier alpha value is -1.69. The van der Waals surface area contributed by atoms with Gasteiger partial charge in [-0.25, -0.2) is 4.79 Å². The van der Waals surface area contributed by atoms with Gasteiger partial charge in [-0.05, 0) is 45.9 Å². The van der Waals surface area contributed by atoms with Gasteiger partial charge in [0.15, 0.2) is 0 Å². The van der Waals surface area contributed by atoms with Gasteiger partial charge < -0.3 is 15.4 Å². The van der Waals surface area contributed by atoms with Gasteiger partial charge in [0.1, 0.15) is 11.1 Å². The molecule has 104 valence electrons. The molecule has 1 atom stereocenters. The molecule has 1 amide bonds. The Bertz CT molecular complexity index is 436. The number of nitrogens with zero attached hydrogens (tertiary/aromatic N) is 2. The summed E-state index contributed by atoms with van der Waals surface area (Å²) in [7, 11) is 0. The van der Waals surface area contributed by atoms with Crippen molar-refractivity contribution < 1.29 is 9.53 Å². The fraction of sp³-hybridized carbons (Fsp3) is 0.615. The fourth-order valence-electron chi connectivity index (χ4n) is 2.14. The first-order chi connectivity index (χ1) is 8.91. The van der Waals surface area contributed by atoms with Crippen LogP contribution in [0.15, 0.2) is 18.3 Å². The summed E-state index contributed by atoms with van der Waals surface area (Å²) in [5, 5.41) is 14.2. The van der Waals surface area contributed by atoms with Crippen LogP contribution in [0.4, 0.5) is 4.79 Å². The maximum absolute atomic E-state index is 12.0. The molecule has 6 heteroatoms. The molecule has 2 rings (SSSR count). The molecule has 0 saturated carbocycles. The molecular weight excluding hydrogens is 244 g/mol. The summed E-state index contributed by atoms with van der Waals surface area (Å²) in [5.74, 6) is 0. The molecule has 0 aliphatic carbocycles. The number of carbonyl (C=O) groups is 1. The Morgan fingerprint density at radius 3 is 2.84 bits per heavy atom. The molecule has 1 aliphatic rings. The van der Waals surface area contributed by atoms with E-state index in [4.69, 9.17) is 4.74 Å². The molecule has 0 radical (unpaired) electrons. The SMILES string of the molecule is CC(C)(C)OC(=O)N[C@]1(c2cccnn2)CCNC1. The van der Waals surface area contributed by atoms with Gasteiger partial charge in [-0.3, -0.25) is 0 Å². The molecule has 0 spiro atoms. The standard InChI is InChI=1S/C13H20N4O2/c1-12(2,3)19-11(18)16-13(6-8-14-9-13)10-5-4-7-15-17-10/h4-5,7,14H,6,8-9H2,1-3H3,(H,16,18)/t13-/m1/s1. The van der Waals surface area contributed by atoms with Gasteiger partial charge in [-0.2, -0.15) is 10.2 Å². The highest BCUT2D eigenvalue weighted by Gasteiger charge is 2.39. The number of amides is 1. The third-order valence-electron chi connectivity index (χ3n) is 2.96. The minimum atomic E-state index is -0.531. The van der Waals surface area contributed by atoms with E-state index in [9.17, 15) is 4.79 Å². The Balaban J connectivity index is 2.15. The lowest BCUT2D eigenvalue weighted by Gasteiger charge is -2.30. The Morgan fingerprint density at radius 2 is 2.32 bits per heavy atom. The normalized spacial score (nSPS) is 23.1. The van der Waals surface area contributed by atoms with Gasteiger partial charge in [0.2, 0.25) is 0 Å². The topological polar surface area (TPSA) is 76.1 Å². The smallest absolute Gasteiger partial charge is 0.408 e. The number of carbonyl (C=O) groups excluding carboxylic acids is 1. The summed E-state index contributed by atoms with van der Waals surface area (Å²) in [5.41, 5.74) is -0.290. The van der Waals surface area contributed by atoms with Crippen LogP contribution in [-0.2, 0) is 10.3 Å². The van der Waals surface area contributed by atoms with Gasteiger partial charge >= 0.3 is 6.09 Å². The van der Waals surface area contributed by atoms with Crippen LogP contribution in [0.5, 0.6) is 0 Å². The number of hydrogen-bond acceptors (Lipinski definition) is 5. The number of ether oxygens (including phenoxy) is 1. The van der Waals surface area contributed by atoms with E-state index in [1.54, 1.807) is 6.20 Å². The van der Waals surface area contributed by atoms with Crippen molar-refractivity contribution >= 4 is 6.09 Å². The Kier molecular flexibility index (Phi) is 3.71. The van der Waals surface area contributed by atoms with E-state index >= 15 is 0 Å². The first kappa shape index (κ1) is 13.7. The lowest BCUT2D eigenvalue weighted by atomic mass is 9.94. The van der Waals surface area contributed by atoms with Crippen molar-refractivity contribution in [2.75, 3.05) is 13.1 Å². The molecule has 0 aromatic carbocycles. The quantitative estimate of drug-likeness (QED) is 0.839. The second-order valence-electron chi connectivity index (χ2n) is 5.74. The van der Waals surface area contributed by atoms with E-state index in [-0.39, 0.29) is 0 Å². The fourth-order valence-corrected chi connectivity index (χ4v) is 2.14. The molecule has 2 N–H and O–H groups in total. The predicted octanol–water partition coefficient (Wildman–Crippen LogP) is 1.19. The van der Waals surface area contributed by atoms with Crippen molar-refractivity contribution in [2.24, 2.45) is 0 Å². The number of nitrogens with one attached hydrogen (secondary N) is 2. The molecule has 0 unspecified atom stereocenters. The summed E-state index contributed by atoms with van der Waals surface area (Å²) >= 11 is 0. The van der Waals surface area contributed by atoms with E-state index in [0.29, 0.717) is 6.54 Å². The van der Waals surface area contributed by atoms with Gasteiger partial charge in [0, 0.05) is 12.7 Å². The summed E-state index contributed by atoms with van der Waals surface area (Å²) in [6.07, 6.45) is 1.96. The molecule has 1 aromatic rings. The van der Waals surface area contributed by atoms with Gasteiger partial charge in [-0.15, -0.1) is 0 Å². The zero-order valence-electron chi connectivity index (χ0n) is 11.6. The first-order valence-corrected chi connectivity index (χ1v) is 6.41. The zero-order valence-corrected chi connectivity index (χ0v) is 11.6. The highest BCUT2D eigenvalue weighted by atomic mass is 16.6. The minimum Gasteiger partial charge on any atom is -0.444 e. The Morgan fingerprint density at radius 1 is 1.53 bits per heavy atom. The van der Waals surface area contributed by atoms with Crippen LogP contribution in [0.3, 0.4) is 0 Å². The molecule has 6 nitrogen and oxygen atoms in total. The number of hydrogen-bond donors (Lipinski definition) is 2. The van der Waals surface area contributed by atoms with Crippen LogP contribution in [0.25, 0.3) is 0 Å². The van der Waals surface area contributed by atoms with E-state index in [1.807, 2.05) is 32.9 Å².